The molecule has 0 aromatic rings. The first kappa shape index (κ1) is 9.86. The Hall–Kier alpha value is -0.220. The first-order chi connectivity index (χ1) is 5.74. The Morgan fingerprint density at radius 1 is 1.58 bits per heavy atom. The van der Waals surface area contributed by atoms with Crippen LogP contribution in [0.4, 0.5) is 8.78 Å². The van der Waals surface area contributed by atoms with Crippen LogP contribution in [0.1, 0.15) is 13.3 Å². The zero-order valence-corrected chi connectivity index (χ0v) is 7.30. The Morgan fingerprint density at radius 2 is 2.33 bits per heavy atom. The molecule has 1 atom stereocenters. The van der Waals surface area contributed by atoms with Crippen LogP contribution in [0.3, 0.4) is 0 Å². The molecule has 2 nitrogen and oxygen atoms in total. The minimum absolute atomic E-state index is 0.0995. The zero-order chi connectivity index (χ0) is 8.97. The van der Waals surface area contributed by atoms with Crippen molar-refractivity contribution in [1.29, 1.82) is 0 Å². The van der Waals surface area contributed by atoms with Crippen LogP contribution in [-0.4, -0.2) is 43.7 Å². The van der Waals surface area contributed by atoms with E-state index in [1.54, 1.807) is 4.90 Å². The van der Waals surface area contributed by atoms with Crippen LogP contribution in [0.2, 0.25) is 0 Å². The molecule has 1 fully saturated rings. The van der Waals surface area contributed by atoms with E-state index in [1.807, 2.05) is 6.92 Å². The van der Waals surface area contributed by atoms with E-state index >= 15 is 0 Å². The number of ether oxygens (including phenoxy) is 1. The topological polar surface area (TPSA) is 12.5 Å². The summed E-state index contributed by atoms with van der Waals surface area (Å²) in [4.78, 5) is 1.78. The first-order valence-corrected chi connectivity index (χ1v) is 4.34. The fourth-order valence-electron chi connectivity index (χ4n) is 1.35. The highest BCUT2D eigenvalue weighted by atomic mass is 19.3. The molecule has 0 bridgehead atoms. The lowest BCUT2D eigenvalue weighted by Gasteiger charge is -2.40. The number of likely N-dealkylation sites (tertiary alicyclic amines) is 1. The van der Waals surface area contributed by atoms with Crippen LogP contribution in [0.25, 0.3) is 0 Å². The largest absolute Gasteiger partial charge is 0.380 e. The summed E-state index contributed by atoms with van der Waals surface area (Å²) in [7, 11) is 0. The molecule has 1 aliphatic rings. The van der Waals surface area contributed by atoms with Crippen molar-refractivity contribution in [2.75, 3.05) is 26.3 Å². The van der Waals surface area contributed by atoms with Gasteiger partial charge in [0.25, 0.3) is 6.43 Å². The van der Waals surface area contributed by atoms with Gasteiger partial charge in [0.05, 0.1) is 13.2 Å². The number of halogens is 2. The third-order valence-electron chi connectivity index (χ3n) is 2.15. The van der Waals surface area contributed by atoms with Crippen LogP contribution >= 0.6 is 0 Å². The van der Waals surface area contributed by atoms with Crippen LogP contribution in [-0.2, 0) is 4.74 Å². The molecule has 12 heavy (non-hydrogen) atoms. The standard InChI is InChI=1S/C8H15F2NO/c1-2-12-6-7-3-4-11(7)5-8(9)10/h7-8H,2-6H2,1H3. The maximum Gasteiger partial charge on any atom is 0.251 e. The van der Waals surface area contributed by atoms with E-state index in [2.05, 4.69) is 0 Å². The van der Waals surface area contributed by atoms with E-state index in [1.165, 1.54) is 0 Å². The Kier molecular flexibility index (Phi) is 3.88. The summed E-state index contributed by atoms with van der Waals surface area (Å²) in [5.41, 5.74) is 0. The van der Waals surface area contributed by atoms with Gasteiger partial charge in [0.15, 0.2) is 0 Å². The van der Waals surface area contributed by atoms with Crippen molar-refractivity contribution in [2.45, 2.75) is 25.8 Å². The van der Waals surface area contributed by atoms with E-state index < -0.39 is 6.43 Å². The second-order valence-electron chi connectivity index (χ2n) is 2.99. The number of nitrogens with zero attached hydrogens (tertiary/aromatic N) is 1. The number of hydrogen-bond donors (Lipinski definition) is 0. The lowest BCUT2D eigenvalue weighted by atomic mass is 10.0. The van der Waals surface area contributed by atoms with Crippen molar-refractivity contribution in [3.63, 3.8) is 0 Å². The van der Waals surface area contributed by atoms with Crippen LogP contribution in [0, 0.1) is 0 Å². The molecule has 0 aromatic carbocycles. The van der Waals surface area contributed by atoms with Gasteiger partial charge < -0.3 is 4.74 Å². The summed E-state index contributed by atoms with van der Waals surface area (Å²) in [6, 6.07) is 0.235. The molecule has 0 aliphatic carbocycles. The highest BCUT2D eigenvalue weighted by molar-refractivity contribution is 4.82. The van der Waals surface area contributed by atoms with Crippen molar-refractivity contribution in [3.8, 4) is 0 Å². The molecule has 1 aliphatic heterocycles. The molecule has 0 aromatic heterocycles. The van der Waals surface area contributed by atoms with Crippen molar-refractivity contribution >= 4 is 0 Å². The third-order valence-corrected chi connectivity index (χ3v) is 2.15. The Labute approximate surface area is 71.5 Å². The van der Waals surface area contributed by atoms with Gasteiger partial charge in [-0.2, -0.15) is 0 Å². The van der Waals surface area contributed by atoms with Crippen molar-refractivity contribution in [2.24, 2.45) is 0 Å². The SMILES string of the molecule is CCOCC1CCN1CC(F)F. The molecule has 0 spiro atoms. The molecule has 1 heterocycles. The molecular weight excluding hydrogens is 164 g/mol. The van der Waals surface area contributed by atoms with E-state index in [0.717, 1.165) is 13.0 Å². The van der Waals surface area contributed by atoms with Gasteiger partial charge in [-0.25, -0.2) is 8.78 Å². The first-order valence-electron chi connectivity index (χ1n) is 4.34. The lowest BCUT2D eigenvalue weighted by Crippen LogP contribution is -2.51. The molecule has 1 saturated heterocycles. The minimum atomic E-state index is -2.21. The zero-order valence-electron chi connectivity index (χ0n) is 7.30. The normalized spacial score (nSPS) is 24.5. The molecule has 1 rings (SSSR count). The molecule has 0 radical (unpaired) electrons. The summed E-state index contributed by atoms with van der Waals surface area (Å²) in [6.07, 6.45) is -1.22. The summed E-state index contributed by atoms with van der Waals surface area (Å²) in [6.45, 7) is 3.87. The number of hydrogen-bond acceptors (Lipinski definition) is 2. The van der Waals surface area contributed by atoms with E-state index in [4.69, 9.17) is 4.74 Å². The van der Waals surface area contributed by atoms with E-state index in [-0.39, 0.29) is 12.6 Å². The monoisotopic (exact) mass is 179 g/mol. The van der Waals surface area contributed by atoms with Gasteiger partial charge in [0.1, 0.15) is 0 Å². The fourth-order valence-corrected chi connectivity index (χ4v) is 1.35. The minimum Gasteiger partial charge on any atom is -0.380 e. The van der Waals surface area contributed by atoms with E-state index in [0.29, 0.717) is 13.2 Å². The average Bonchev–Trinajstić information content (AvgIpc) is 1.99. The van der Waals surface area contributed by atoms with E-state index in [9.17, 15) is 8.78 Å². The molecule has 0 N–H and O–H groups in total. The van der Waals surface area contributed by atoms with Crippen molar-refractivity contribution in [3.05, 3.63) is 0 Å². The highest BCUT2D eigenvalue weighted by Gasteiger charge is 2.29. The van der Waals surface area contributed by atoms with Crippen LogP contribution < -0.4 is 0 Å². The van der Waals surface area contributed by atoms with Gasteiger partial charge in [-0.1, -0.05) is 0 Å². The number of alkyl halides is 2. The summed E-state index contributed by atoms with van der Waals surface area (Å²) in [5, 5.41) is 0. The predicted molar refractivity (Wildman–Crippen MR) is 42.5 cm³/mol. The van der Waals surface area contributed by atoms with Crippen LogP contribution in [0.15, 0.2) is 0 Å². The summed E-state index contributed by atoms with van der Waals surface area (Å²) < 4.78 is 29.0. The smallest absolute Gasteiger partial charge is 0.251 e. The second kappa shape index (κ2) is 4.72. The maximum absolute atomic E-state index is 11.9. The van der Waals surface area contributed by atoms with Gasteiger partial charge in [0, 0.05) is 19.2 Å². The van der Waals surface area contributed by atoms with Gasteiger partial charge in [-0.15, -0.1) is 0 Å². The van der Waals surface area contributed by atoms with Gasteiger partial charge in [-0.05, 0) is 13.3 Å². The quantitative estimate of drug-likeness (QED) is 0.632. The van der Waals surface area contributed by atoms with Gasteiger partial charge in [0.2, 0.25) is 0 Å². The molecule has 4 heteroatoms. The van der Waals surface area contributed by atoms with Crippen molar-refractivity contribution < 1.29 is 13.5 Å². The Balaban J connectivity index is 2.11. The molecule has 72 valence electrons. The van der Waals surface area contributed by atoms with Crippen molar-refractivity contribution in [1.82, 2.24) is 4.90 Å². The molecule has 0 amide bonds. The maximum atomic E-state index is 11.9. The molecule has 1 unspecified atom stereocenters. The summed E-state index contributed by atoms with van der Waals surface area (Å²) >= 11 is 0. The third kappa shape index (κ3) is 2.68. The number of rotatable bonds is 5. The Morgan fingerprint density at radius 3 is 2.75 bits per heavy atom. The van der Waals surface area contributed by atoms with Gasteiger partial charge >= 0.3 is 0 Å². The molecular formula is C8H15F2NO. The predicted octanol–water partition coefficient (Wildman–Crippen LogP) is 1.36. The summed E-state index contributed by atoms with van der Waals surface area (Å²) in [5.74, 6) is 0. The Bertz CT molecular complexity index is 132. The fraction of sp³-hybridized carbons (Fsp3) is 1.00. The molecule has 0 saturated carbocycles. The average molecular weight is 179 g/mol. The lowest BCUT2D eigenvalue weighted by molar-refractivity contribution is -0.0243. The van der Waals surface area contributed by atoms with Gasteiger partial charge in [-0.3, -0.25) is 4.90 Å². The second-order valence-corrected chi connectivity index (χ2v) is 2.99. The van der Waals surface area contributed by atoms with Crippen LogP contribution in [0.5, 0.6) is 0 Å². The highest BCUT2D eigenvalue weighted by Crippen LogP contribution is 2.18.